The maximum Gasteiger partial charge on any atom is 0.263 e. The van der Waals surface area contributed by atoms with Crippen LogP contribution in [-0.4, -0.2) is 35.3 Å². The van der Waals surface area contributed by atoms with Crippen LogP contribution in [0.4, 0.5) is 0 Å². The summed E-state index contributed by atoms with van der Waals surface area (Å²) >= 11 is 1.49. The van der Waals surface area contributed by atoms with Gasteiger partial charge in [-0.2, -0.15) is 0 Å². The number of nitrogens with two attached hydrogens (primary N) is 1. The van der Waals surface area contributed by atoms with Crippen LogP contribution in [0.15, 0.2) is 22.7 Å². The number of hydrogen-bond acceptors (Lipinski definition) is 4. The number of carbonyl (C=O) groups is 1. The van der Waals surface area contributed by atoms with E-state index in [1.165, 1.54) is 17.8 Å². The lowest BCUT2D eigenvalue weighted by molar-refractivity contribution is -0.142. The van der Waals surface area contributed by atoms with Crippen LogP contribution in [0.5, 0.6) is 0 Å². The van der Waals surface area contributed by atoms with Crippen LogP contribution in [0.3, 0.4) is 0 Å². The minimum absolute atomic E-state index is 0.0209. The Hall–Kier alpha value is -1.56. The molecule has 1 aliphatic rings. The van der Waals surface area contributed by atoms with Gasteiger partial charge in [-0.3, -0.25) is 4.79 Å². The van der Waals surface area contributed by atoms with Crippen LogP contribution in [0.2, 0.25) is 0 Å². The first-order valence-corrected chi connectivity index (χ1v) is 7.78. The maximum atomic E-state index is 12.2. The summed E-state index contributed by atoms with van der Waals surface area (Å²) in [6.07, 6.45) is 3.28. The van der Waals surface area contributed by atoms with Crippen LogP contribution in [0.25, 0.3) is 0 Å². The van der Waals surface area contributed by atoms with E-state index in [2.05, 4.69) is 19.0 Å². The lowest BCUT2D eigenvalue weighted by atomic mass is 9.97. The third-order valence-electron chi connectivity index (χ3n) is 3.61. The van der Waals surface area contributed by atoms with Gasteiger partial charge in [-0.25, -0.2) is 0 Å². The minimum atomic E-state index is -0.0548. The number of amidine groups is 1. The van der Waals surface area contributed by atoms with Crippen molar-refractivity contribution in [2.24, 2.45) is 10.9 Å². The fourth-order valence-electron chi connectivity index (χ4n) is 2.61. The molecular formula is C14H21N3O2S. The number of carbonyl (C=O) groups excluding carboxylic acids is 1. The highest BCUT2D eigenvalue weighted by Gasteiger charge is 2.28. The molecule has 1 aromatic heterocycles. The van der Waals surface area contributed by atoms with E-state index in [4.69, 9.17) is 10.6 Å². The summed E-state index contributed by atoms with van der Waals surface area (Å²) in [6.45, 7) is 4.11. The van der Waals surface area contributed by atoms with Crippen molar-refractivity contribution >= 4 is 23.1 Å². The predicted molar refractivity (Wildman–Crippen MR) is 80.6 cm³/mol. The summed E-state index contributed by atoms with van der Waals surface area (Å²) in [7, 11) is 0. The number of thiophene rings is 1. The lowest BCUT2D eigenvalue weighted by Gasteiger charge is -2.38. The molecule has 5 nitrogen and oxygen atoms in total. The van der Waals surface area contributed by atoms with Gasteiger partial charge >= 0.3 is 0 Å². The fraction of sp³-hybridized carbons (Fsp3) is 0.571. The number of hydrogen-bond donors (Lipinski definition) is 1. The molecule has 2 atom stereocenters. The molecule has 0 aliphatic carbocycles. The first-order chi connectivity index (χ1) is 9.59. The standard InChI is InChI=1S/C14H21N3O2S/c1-10-5-3-6-11(2)17(10)13(18)9-19-16-14(15)12-7-4-8-20-12/h4,7-8,10-11H,3,5-6,9H2,1-2H3,(H2,15,16). The highest BCUT2D eigenvalue weighted by molar-refractivity contribution is 7.12. The third kappa shape index (κ3) is 3.50. The Bertz CT molecular complexity index is 463. The summed E-state index contributed by atoms with van der Waals surface area (Å²) in [5, 5.41) is 5.73. The van der Waals surface area contributed by atoms with Gasteiger partial charge < -0.3 is 15.5 Å². The minimum Gasteiger partial charge on any atom is -0.384 e. The zero-order chi connectivity index (χ0) is 14.5. The smallest absolute Gasteiger partial charge is 0.263 e. The molecule has 1 saturated heterocycles. The van der Waals surface area contributed by atoms with Crippen molar-refractivity contribution in [1.82, 2.24) is 4.90 Å². The second-order valence-corrected chi connectivity index (χ2v) is 6.10. The first kappa shape index (κ1) is 14.8. The second kappa shape index (κ2) is 6.74. The zero-order valence-electron chi connectivity index (χ0n) is 11.9. The summed E-state index contributed by atoms with van der Waals surface area (Å²) in [5.41, 5.74) is 5.77. The molecule has 2 heterocycles. The lowest BCUT2D eigenvalue weighted by Crippen LogP contribution is -2.48. The Morgan fingerprint density at radius 1 is 1.50 bits per heavy atom. The van der Waals surface area contributed by atoms with Crippen molar-refractivity contribution in [3.8, 4) is 0 Å². The Morgan fingerprint density at radius 2 is 2.20 bits per heavy atom. The molecule has 2 unspecified atom stereocenters. The molecule has 2 rings (SSSR count). The van der Waals surface area contributed by atoms with E-state index in [0.717, 1.165) is 17.7 Å². The van der Waals surface area contributed by atoms with Crippen LogP contribution in [0, 0.1) is 0 Å². The molecular weight excluding hydrogens is 274 g/mol. The molecule has 1 amide bonds. The van der Waals surface area contributed by atoms with Crippen LogP contribution in [-0.2, 0) is 9.63 Å². The number of piperidine rings is 1. The maximum absolute atomic E-state index is 12.2. The van der Waals surface area contributed by atoms with Gasteiger partial charge in [0.1, 0.15) is 0 Å². The van der Waals surface area contributed by atoms with E-state index in [-0.39, 0.29) is 24.6 Å². The van der Waals surface area contributed by atoms with Gasteiger partial charge in [0.2, 0.25) is 0 Å². The summed E-state index contributed by atoms with van der Waals surface area (Å²) in [5.74, 6) is 0.292. The predicted octanol–water partition coefficient (Wildman–Crippen LogP) is 2.17. The molecule has 2 N–H and O–H groups in total. The molecule has 0 bridgehead atoms. The van der Waals surface area contributed by atoms with E-state index < -0.39 is 0 Å². The topological polar surface area (TPSA) is 67.9 Å². The molecule has 20 heavy (non-hydrogen) atoms. The average Bonchev–Trinajstić information content (AvgIpc) is 2.92. The van der Waals surface area contributed by atoms with E-state index in [0.29, 0.717) is 5.84 Å². The van der Waals surface area contributed by atoms with Gasteiger partial charge in [-0.15, -0.1) is 11.3 Å². The molecule has 0 radical (unpaired) electrons. The second-order valence-electron chi connectivity index (χ2n) is 5.16. The Morgan fingerprint density at radius 3 is 2.80 bits per heavy atom. The monoisotopic (exact) mass is 295 g/mol. The Kier molecular flexibility index (Phi) is 5.00. The number of amides is 1. The van der Waals surface area contributed by atoms with Crippen molar-refractivity contribution in [3.63, 3.8) is 0 Å². The van der Waals surface area contributed by atoms with E-state index in [1.807, 2.05) is 22.4 Å². The molecule has 0 aromatic carbocycles. The van der Waals surface area contributed by atoms with Crippen molar-refractivity contribution < 1.29 is 9.63 Å². The third-order valence-corrected chi connectivity index (χ3v) is 4.50. The first-order valence-electron chi connectivity index (χ1n) is 6.90. The van der Waals surface area contributed by atoms with Crippen molar-refractivity contribution in [2.45, 2.75) is 45.2 Å². The summed E-state index contributed by atoms with van der Waals surface area (Å²) in [4.78, 5) is 20.0. The number of oxime groups is 1. The van der Waals surface area contributed by atoms with Crippen LogP contribution >= 0.6 is 11.3 Å². The summed E-state index contributed by atoms with van der Waals surface area (Å²) in [6, 6.07) is 4.30. The highest BCUT2D eigenvalue weighted by Crippen LogP contribution is 2.22. The van der Waals surface area contributed by atoms with Gasteiger partial charge in [0.25, 0.3) is 5.91 Å². The molecule has 0 saturated carbocycles. The number of likely N-dealkylation sites (tertiary alicyclic amines) is 1. The van der Waals surface area contributed by atoms with Crippen molar-refractivity contribution in [1.29, 1.82) is 0 Å². The van der Waals surface area contributed by atoms with Gasteiger partial charge in [0.05, 0.1) is 4.88 Å². The largest absolute Gasteiger partial charge is 0.384 e. The molecule has 110 valence electrons. The molecule has 1 aliphatic heterocycles. The number of rotatable bonds is 4. The van der Waals surface area contributed by atoms with Gasteiger partial charge in [0, 0.05) is 12.1 Å². The zero-order valence-corrected chi connectivity index (χ0v) is 12.7. The fourth-order valence-corrected chi connectivity index (χ4v) is 3.23. The van der Waals surface area contributed by atoms with E-state index in [1.54, 1.807) is 0 Å². The van der Waals surface area contributed by atoms with Gasteiger partial charge in [-0.05, 0) is 44.6 Å². The molecule has 6 heteroatoms. The quantitative estimate of drug-likeness (QED) is 0.526. The SMILES string of the molecule is CC1CCCC(C)N1C(=O)CO/N=C(\N)c1cccs1. The Balaban J connectivity index is 1.87. The highest BCUT2D eigenvalue weighted by atomic mass is 32.1. The average molecular weight is 295 g/mol. The number of nitrogens with zero attached hydrogens (tertiary/aromatic N) is 2. The summed E-state index contributed by atoms with van der Waals surface area (Å²) < 4.78 is 0. The van der Waals surface area contributed by atoms with E-state index >= 15 is 0 Å². The molecule has 1 fully saturated rings. The molecule has 1 aromatic rings. The van der Waals surface area contributed by atoms with Crippen molar-refractivity contribution in [2.75, 3.05) is 6.61 Å². The van der Waals surface area contributed by atoms with Gasteiger partial charge in [-0.1, -0.05) is 11.2 Å². The van der Waals surface area contributed by atoms with E-state index in [9.17, 15) is 4.79 Å². The van der Waals surface area contributed by atoms with Gasteiger partial charge in [0.15, 0.2) is 12.4 Å². The van der Waals surface area contributed by atoms with Crippen LogP contribution < -0.4 is 5.73 Å². The van der Waals surface area contributed by atoms with Crippen molar-refractivity contribution in [3.05, 3.63) is 22.4 Å². The Labute approximate surface area is 123 Å². The van der Waals surface area contributed by atoms with Crippen LogP contribution in [0.1, 0.15) is 38.0 Å². The normalized spacial score (nSPS) is 23.7. The molecule has 0 spiro atoms.